The first-order chi connectivity index (χ1) is 7.22. The molecule has 0 spiro atoms. The van der Waals surface area contributed by atoms with Gasteiger partial charge in [0.1, 0.15) is 0 Å². The number of aryl methyl sites for hydroxylation is 2. The number of hydrogen-bond acceptors (Lipinski definition) is 5. The summed E-state index contributed by atoms with van der Waals surface area (Å²) in [5.41, 5.74) is 8.11. The van der Waals surface area contributed by atoms with E-state index in [1.54, 1.807) is 10.9 Å². The van der Waals surface area contributed by atoms with Crippen molar-refractivity contribution in [2.75, 3.05) is 0 Å². The van der Waals surface area contributed by atoms with Gasteiger partial charge in [0.25, 0.3) is 0 Å². The zero-order valence-corrected chi connectivity index (χ0v) is 9.53. The summed E-state index contributed by atoms with van der Waals surface area (Å²) >= 11 is 1.36. The van der Waals surface area contributed by atoms with Gasteiger partial charge in [0.05, 0.1) is 22.8 Å². The van der Waals surface area contributed by atoms with Crippen LogP contribution in [0.2, 0.25) is 0 Å². The summed E-state index contributed by atoms with van der Waals surface area (Å²) in [5.74, 6) is 0. The van der Waals surface area contributed by atoms with Crippen LogP contribution in [0.1, 0.15) is 29.1 Å². The van der Waals surface area contributed by atoms with Gasteiger partial charge in [-0.1, -0.05) is 11.4 Å². The van der Waals surface area contributed by atoms with Gasteiger partial charge >= 0.3 is 0 Å². The van der Waals surface area contributed by atoms with Crippen molar-refractivity contribution in [3.05, 3.63) is 28.5 Å². The van der Waals surface area contributed by atoms with Crippen LogP contribution in [0, 0.1) is 0 Å². The average molecular weight is 223 g/mol. The van der Waals surface area contributed by atoms with Crippen LogP contribution in [0.4, 0.5) is 0 Å². The van der Waals surface area contributed by atoms with Crippen molar-refractivity contribution in [1.29, 1.82) is 0 Å². The zero-order chi connectivity index (χ0) is 10.8. The third-order valence-corrected chi connectivity index (χ3v) is 3.14. The Morgan fingerprint density at radius 1 is 1.60 bits per heavy atom. The summed E-state index contributed by atoms with van der Waals surface area (Å²) in [5, 5.41) is 8.15. The van der Waals surface area contributed by atoms with Gasteiger partial charge < -0.3 is 5.73 Å². The molecule has 2 N–H and O–H groups in total. The molecule has 1 unspecified atom stereocenters. The largest absolute Gasteiger partial charge is 0.319 e. The highest BCUT2D eigenvalue weighted by atomic mass is 32.1. The maximum atomic E-state index is 6.13. The highest BCUT2D eigenvalue weighted by Gasteiger charge is 2.17. The van der Waals surface area contributed by atoms with Crippen LogP contribution in [0.15, 0.2) is 12.4 Å². The Morgan fingerprint density at radius 3 is 3.00 bits per heavy atom. The maximum Gasteiger partial charge on any atom is 0.0804 e. The molecular formula is C9H13N5S. The Hall–Kier alpha value is -1.27. The molecule has 80 valence electrons. The van der Waals surface area contributed by atoms with E-state index in [9.17, 15) is 0 Å². The molecule has 0 aliphatic heterocycles. The van der Waals surface area contributed by atoms with Crippen LogP contribution < -0.4 is 5.73 Å². The minimum absolute atomic E-state index is 0.159. The summed E-state index contributed by atoms with van der Waals surface area (Å²) in [6.07, 6.45) is 4.56. The van der Waals surface area contributed by atoms with Gasteiger partial charge in [0, 0.05) is 18.8 Å². The highest BCUT2D eigenvalue weighted by Crippen LogP contribution is 2.24. The Balaban J connectivity index is 2.31. The number of nitrogens with two attached hydrogens (primary N) is 1. The van der Waals surface area contributed by atoms with Gasteiger partial charge in [-0.2, -0.15) is 5.10 Å². The fraction of sp³-hybridized carbons (Fsp3) is 0.444. The molecule has 0 aliphatic carbocycles. The predicted molar refractivity (Wildman–Crippen MR) is 58.5 cm³/mol. The summed E-state index contributed by atoms with van der Waals surface area (Å²) in [6.45, 7) is 2.05. The second-order valence-electron chi connectivity index (χ2n) is 3.36. The van der Waals surface area contributed by atoms with Crippen molar-refractivity contribution >= 4 is 11.5 Å². The summed E-state index contributed by atoms with van der Waals surface area (Å²) in [6, 6.07) is -0.159. The molecule has 6 heteroatoms. The molecule has 1 atom stereocenters. The Kier molecular flexibility index (Phi) is 2.79. The minimum Gasteiger partial charge on any atom is -0.319 e. The van der Waals surface area contributed by atoms with Crippen LogP contribution in [-0.2, 0) is 13.5 Å². The van der Waals surface area contributed by atoms with E-state index < -0.39 is 0 Å². The number of aromatic nitrogens is 4. The number of hydrogen-bond donors (Lipinski definition) is 1. The molecule has 0 aliphatic rings. The van der Waals surface area contributed by atoms with Gasteiger partial charge in [-0.3, -0.25) is 4.68 Å². The minimum atomic E-state index is -0.159. The van der Waals surface area contributed by atoms with E-state index in [0.29, 0.717) is 0 Å². The monoisotopic (exact) mass is 223 g/mol. The van der Waals surface area contributed by atoms with Crippen LogP contribution in [0.5, 0.6) is 0 Å². The van der Waals surface area contributed by atoms with Crippen molar-refractivity contribution in [2.45, 2.75) is 19.4 Å². The fourth-order valence-electron chi connectivity index (χ4n) is 1.45. The molecule has 0 aromatic carbocycles. The van der Waals surface area contributed by atoms with Crippen LogP contribution in [0.3, 0.4) is 0 Å². The Morgan fingerprint density at radius 2 is 2.40 bits per heavy atom. The summed E-state index contributed by atoms with van der Waals surface area (Å²) in [7, 11) is 1.88. The predicted octanol–water partition coefficient (Wildman–Crippen LogP) is 0.882. The molecule has 0 amide bonds. The summed E-state index contributed by atoms with van der Waals surface area (Å²) < 4.78 is 5.68. The van der Waals surface area contributed by atoms with Gasteiger partial charge in [-0.05, 0) is 18.0 Å². The van der Waals surface area contributed by atoms with E-state index in [4.69, 9.17) is 5.73 Å². The molecule has 0 bridgehead atoms. The molecule has 2 heterocycles. The average Bonchev–Trinajstić information content (AvgIpc) is 2.84. The van der Waals surface area contributed by atoms with Crippen molar-refractivity contribution in [3.63, 3.8) is 0 Å². The van der Waals surface area contributed by atoms with E-state index in [2.05, 4.69) is 21.6 Å². The lowest BCUT2D eigenvalue weighted by Crippen LogP contribution is -2.11. The van der Waals surface area contributed by atoms with E-state index in [-0.39, 0.29) is 6.04 Å². The second kappa shape index (κ2) is 4.08. The van der Waals surface area contributed by atoms with Crippen molar-refractivity contribution in [1.82, 2.24) is 19.4 Å². The van der Waals surface area contributed by atoms with Gasteiger partial charge in [-0.15, -0.1) is 5.10 Å². The van der Waals surface area contributed by atoms with Crippen LogP contribution >= 0.6 is 11.5 Å². The Labute approximate surface area is 92.1 Å². The van der Waals surface area contributed by atoms with Crippen LogP contribution in [0.25, 0.3) is 0 Å². The smallest absolute Gasteiger partial charge is 0.0804 e. The third-order valence-electron chi connectivity index (χ3n) is 2.29. The first-order valence-corrected chi connectivity index (χ1v) is 5.55. The van der Waals surface area contributed by atoms with Gasteiger partial charge in [-0.25, -0.2) is 0 Å². The van der Waals surface area contributed by atoms with E-state index in [1.807, 2.05) is 13.2 Å². The lowest BCUT2D eigenvalue weighted by atomic mass is 10.1. The SMILES string of the molecule is CCc1nnsc1C(N)c1cnn(C)c1. The molecule has 0 fully saturated rings. The van der Waals surface area contributed by atoms with Crippen molar-refractivity contribution < 1.29 is 0 Å². The molecule has 2 aromatic rings. The van der Waals surface area contributed by atoms with Crippen molar-refractivity contribution in [3.8, 4) is 0 Å². The van der Waals surface area contributed by atoms with E-state index in [0.717, 1.165) is 22.6 Å². The molecular weight excluding hydrogens is 210 g/mol. The standard InChI is InChI=1S/C9H13N5S/c1-3-7-9(15-13-12-7)8(10)6-4-11-14(2)5-6/h4-5,8H,3,10H2,1-2H3. The second-order valence-corrected chi connectivity index (χ2v) is 4.15. The highest BCUT2D eigenvalue weighted by molar-refractivity contribution is 7.05. The van der Waals surface area contributed by atoms with E-state index >= 15 is 0 Å². The zero-order valence-electron chi connectivity index (χ0n) is 8.71. The normalized spacial score (nSPS) is 13.0. The lowest BCUT2D eigenvalue weighted by Gasteiger charge is -2.06. The molecule has 15 heavy (non-hydrogen) atoms. The molecule has 2 rings (SSSR count). The van der Waals surface area contributed by atoms with Crippen LogP contribution in [-0.4, -0.2) is 19.4 Å². The number of rotatable bonds is 3. The van der Waals surface area contributed by atoms with Crippen molar-refractivity contribution in [2.24, 2.45) is 12.8 Å². The molecule has 0 saturated heterocycles. The first kappa shape index (κ1) is 10.3. The van der Waals surface area contributed by atoms with Gasteiger partial charge in [0.2, 0.25) is 0 Å². The Bertz CT molecular complexity index is 447. The fourth-order valence-corrected chi connectivity index (χ4v) is 2.22. The van der Waals surface area contributed by atoms with E-state index in [1.165, 1.54) is 11.5 Å². The third kappa shape index (κ3) is 1.91. The van der Waals surface area contributed by atoms with Gasteiger partial charge in [0.15, 0.2) is 0 Å². The lowest BCUT2D eigenvalue weighted by molar-refractivity contribution is 0.765. The first-order valence-electron chi connectivity index (χ1n) is 4.77. The molecule has 0 saturated carbocycles. The maximum absolute atomic E-state index is 6.13. The molecule has 2 aromatic heterocycles. The quantitative estimate of drug-likeness (QED) is 0.838. The molecule has 5 nitrogen and oxygen atoms in total. The summed E-state index contributed by atoms with van der Waals surface area (Å²) in [4.78, 5) is 1.03. The molecule has 0 radical (unpaired) electrons. The number of nitrogens with zero attached hydrogens (tertiary/aromatic N) is 4. The topological polar surface area (TPSA) is 69.6 Å².